The van der Waals surface area contributed by atoms with Crippen LogP contribution in [-0.4, -0.2) is 38.3 Å². The summed E-state index contributed by atoms with van der Waals surface area (Å²) < 4.78 is 16.3. The fraction of sp³-hybridized carbons (Fsp3) is 0.346. The van der Waals surface area contributed by atoms with Crippen LogP contribution in [0.2, 0.25) is 0 Å². The van der Waals surface area contributed by atoms with E-state index >= 15 is 0 Å². The highest BCUT2D eigenvalue weighted by Gasteiger charge is 2.38. The summed E-state index contributed by atoms with van der Waals surface area (Å²) >= 11 is 0. The second-order valence-electron chi connectivity index (χ2n) is 8.80. The fourth-order valence-corrected chi connectivity index (χ4v) is 5.28. The van der Waals surface area contributed by atoms with E-state index in [2.05, 4.69) is 6.07 Å². The summed E-state index contributed by atoms with van der Waals surface area (Å²) in [6.07, 6.45) is 1.02. The van der Waals surface area contributed by atoms with E-state index in [-0.39, 0.29) is 11.7 Å². The van der Waals surface area contributed by atoms with Crippen LogP contribution in [0, 0.1) is 17.1 Å². The van der Waals surface area contributed by atoms with Crippen molar-refractivity contribution in [1.29, 1.82) is 5.26 Å². The molecular weight excluding hydrogens is 419 g/mol. The molecule has 0 saturated heterocycles. The summed E-state index contributed by atoms with van der Waals surface area (Å²) in [5, 5.41) is 25.4. The number of hydrogen-bond donors (Lipinski definition) is 1. The number of nitrogens with zero attached hydrogens (tertiary/aromatic N) is 4. The summed E-state index contributed by atoms with van der Waals surface area (Å²) in [7, 11) is 0. The normalized spacial score (nSPS) is 19.2. The Morgan fingerprint density at radius 3 is 2.85 bits per heavy atom. The molecule has 1 amide bonds. The van der Waals surface area contributed by atoms with Crippen molar-refractivity contribution in [2.75, 3.05) is 6.54 Å². The van der Waals surface area contributed by atoms with Crippen molar-refractivity contribution in [3.63, 3.8) is 0 Å². The summed E-state index contributed by atoms with van der Waals surface area (Å²) in [4.78, 5) is 13.9. The van der Waals surface area contributed by atoms with Gasteiger partial charge in [-0.25, -0.2) is 4.39 Å². The number of rotatable bonds is 3. The number of aliphatic hydroxyl groups is 1. The number of fused-ring (bicyclic) bond motifs is 2. The third-order valence-electron chi connectivity index (χ3n) is 6.88. The average Bonchev–Trinajstić information content (AvgIpc) is 3.34. The first-order chi connectivity index (χ1) is 15.9. The van der Waals surface area contributed by atoms with Crippen molar-refractivity contribution in [1.82, 2.24) is 14.7 Å². The number of aliphatic hydroxyl groups excluding tert-OH is 1. The van der Waals surface area contributed by atoms with Crippen LogP contribution in [0.25, 0.3) is 11.3 Å². The Hall–Kier alpha value is -3.50. The highest BCUT2D eigenvalue weighted by molar-refractivity contribution is 5.75. The number of benzene rings is 2. The molecule has 168 valence electrons. The molecule has 0 saturated carbocycles. The predicted octanol–water partition coefficient (Wildman–Crippen LogP) is 3.53. The highest BCUT2D eigenvalue weighted by atomic mass is 19.1. The summed E-state index contributed by atoms with van der Waals surface area (Å²) in [6, 6.07) is 12.0. The van der Waals surface area contributed by atoms with Crippen LogP contribution < -0.4 is 0 Å². The number of hydrogen-bond acceptors (Lipinski definition) is 4. The maximum absolute atomic E-state index is 14.5. The number of aryl methyl sites for hydroxylation is 1. The Labute approximate surface area is 191 Å². The first kappa shape index (κ1) is 21.4. The second-order valence-corrected chi connectivity index (χ2v) is 8.80. The second kappa shape index (κ2) is 8.13. The lowest BCUT2D eigenvalue weighted by atomic mass is 9.98. The Balaban J connectivity index is 1.70. The van der Waals surface area contributed by atoms with Gasteiger partial charge in [0.15, 0.2) is 0 Å². The monoisotopic (exact) mass is 444 g/mol. The molecule has 0 unspecified atom stereocenters. The highest BCUT2D eigenvalue weighted by Crippen LogP contribution is 2.41. The van der Waals surface area contributed by atoms with E-state index in [0.717, 1.165) is 33.5 Å². The van der Waals surface area contributed by atoms with Gasteiger partial charge >= 0.3 is 0 Å². The predicted molar refractivity (Wildman–Crippen MR) is 121 cm³/mol. The van der Waals surface area contributed by atoms with Gasteiger partial charge in [0.05, 0.1) is 23.4 Å². The average molecular weight is 445 g/mol. The van der Waals surface area contributed by atoms with E-state index in [0.29, 0.717) is 43.6 Å². The summed E-state index contributed by atoms with van der Waals surface area (Å²) in [6.45, 7) is 4.51. The van der Waals surface area contributed by atoms with Gasteiger partial charge in [-0.05, 0) is 47.4 Å². The Morgan fingerprint density at radius 1 is 1.30 bits per heavy atom. The minimum atomic E-state index is -0.722. The van der Waals surface area contributed by atoms with Crippen molar-refractivity contribution in [2.24, 2.45) is 0 Å². The van der Waals surface area contributed by atoms with Crippen molar-refractivity contribution in [3.8, 4) is 17.3 Å². The van der Waals surface area contributed by atoms with Crippen molar-refractivity contribution < 1.29 is 14.3 Å². The van der Waals surface area contributed by atoms with Crippen LogP contribution in [-0.2, 0) is 30.6 Å². The topological polar surface area (TPSA) is 82.2 Å². The molecular formula is C26H25FN4O2. The SMILES string of the molecule is CCc1cc(F)cc2c1C[C@@H](O)[C@@H]2n1nc(-c2cccc(C#N)c2)c2c1CCN(C(C)=O)C2. The van der Waals surface area contributed by atoms with Crippen LogP contribution in [0.4, 0.5) is 4.39 Å². The minimum absolute atomic E-state index is 0.00830. The molecule has 0 spiro atoms. The molecule has 6 nitrogen and oxygen atoms in total. The molecule has 1 aromatic heterocycles. The molecule has 1 aliphatic carbocycles. The molecule has 2 aromatic carbocycles. The van der Waals surface area contributed by atoms with E-state index in [1.165, 1.54) is 6.07 Å². The van der Waals surface area contributed by atoms with Crippen LogP contribution in [0.5, 0.6) is 0 Å². The molecule has 1 aliphatic heterocycles. The van der Waals surface area contributed by atoms with Crippen molar-refractivity contribution in [3.05, 3.63) is 75.7 Å². The molecule has 33 heavy (non-hydrogen) atoms. The largest absolute Gasteiger partial charge is 0.390 e. The molecule has 2 atom stereocenters. The van der Waals surface area contributed by atoms with Gasteiger partial charge in [0.25, 0.3) is 0 Å². The van der Waals surface area contributed by atoms with E-state index in [1.54, 1.807) is 30.0 Å². The lowest BCUT2D eigenvalue weighted by Crippen LogP contribution is -2.35. The van der Waals surface area contributed by atoms with Crippen LogP contribution in [0.1, 0.15) is 53.4 Å². The van der Waals surface area contributed by atoms with Gasteiger partial charge in [0, 0.05) is 49.7 Å². The fourth-order valence-electron chi connectivity index (χ4n) is 5.28. The molecule has 0 bridgehead atoms. The van der Waals surface area contributed by atoms with Crippen LogP contribution in [0.3, 0.4) is 0 Å². The van der Waals surface area contributed by atoms with Gasteiger partial charge in [-0.1, -0.05) is 19.1 Å². The van der Waals surface area contributed by atoms with Gasteiger partial charge in [-0.15, -0.1) is 0 Å². The molecule has 0 fully saturated rings. The molecule has 7 heteroatoms. The maximum Gasteiger partial charge on any atom is 0.219 e. The van der Waals surface area contributed by atoms with Crippen LogP contribution >= 0.6 is 0 Å². The minimum Gasteiger partial charge on any atom is -0.390 e. The van der Waals surface area contributed by atoms with E-state index in [4.69, 9.17) is 5.10 Å². The number of halogens is 1. The quantitative estimate of drug-likeness (QED) is 0.670. The standard InChI is InChI=1S/C26H25FN4O2/c1-3-17-10-19(27)11-21-20(17)12-24(33)26(21)31-23-7-8-30(15(2)32)14-22(23)25(29-31)18-6-4-5-16(9-18)13-28/h4-6,9-11,24,26,33H,3,7-8,12,14H2,1-2H3/t24-,26-/m1/s1. The van der Waals surface area contributed by atoms with E-state index in [9.17, 15) is 19.6 Å². The third kappa shape index (κ3) is 3.51. The molecule has 2 aliphatic rings. The Kier molecular flexibility index (Phi) is 5.26. The van der Waals surface area contributed by atoms with Gasteiger partial charge in [-0.2, -0.15) is 10.4 Å². The van der Waals surface area contributed by atoms with Crippen LogP contribution in [0.15, 0.2) is 36.4 Å². The van der Waals surface area contributed by atoms with Gasteiger partial charge in [-0.3, -0.25) is 9.48 Å². The number of aromatic nitrogens is 2. The molecule has 3 aromatic rings. The van der Waals surface area contributed by atoms with E-state index in [1.807, 2.05) is 23.7 Å². The zero-order valence-electron chi connectivity index (χ0n) is 18.7. The smallest absolute Gasteiger partial charge is 0.219 e. The number of carbonyl (C=O) groups excluding carboxylic acids is 1. The van der Waals surface area contributed by atoms with Crippen molar-refractivity contribution in [2.45, 2.75) is 51.8 Å². The van der Waals surface area contributed by atoms with Crippen molar-refractivity contribution >= 4 is 5.91 Å². The molecule has 1 N–H and O–H groups in total. The molecule has 0 radical (unpaired) electrons. The lowest BCUT2D eigenvalue weighted by Gasteiger charge is -2.28. The van der Waals surface area contributed by atoms with Gasteiger partial charge < -0.3 is 10.0 Å². The Bertz CT molecular complexity index is 1310. The van der Waals surface area contributed by atoms with Gasteiger partial charge in [0.2, 0.25) is 5.91 Å². The van der Waals surface area contributed by atoms with Gasteiger partial charge in [0.1, 0.15) is 11.9 Å². The summed E-state index contributed by atoms with van der Waals surface area (Å²) in [5.41, 5.74) is 6.55. The maximum atomic E-state index is 14.5. The number of nitriles is 1. The first-order valence-electron chi connectivity index (χ1n) is 11.3. The lowest BCUT2D eigenvalue weighted by molar-refractivity contribution is -0.129. The molecule has 5 rings (SSSR count). The zero-order valence-corrected chi connectivity index (χ0v) is 18.7. The number of carbonyl (C=O) groups is 1. The number of amides is 1. The van der Waals surface area contributed by atoms with E-state index < -0.39 is 12.1 Å². The Morgan fingerprint density at radius 2 is 2.12 bits per heavy atom. The molecule has 2 heterocycles. The third-order valence-corrected chi connectivity index (χ3v) is 6.88. The zero-order chi connectivity index (χ0) is 23.3. The summed E-state index contributed by atoms with van der Waals surface area (Å²) in [5.74, 6) is -0.318. The first-order valence-corrected chi connectivity index (χ1v) is 11.3.